The van der Waals surface area contributed by atoms with Gasteiger partial charge in [-0.3, -0.25) is 4.79 Å². The van der Waals surface area contributed by atoms with Crippen LogP contribution in [0.2, 0.25) is 0 Å². The van der Waals surface area contributed by atoms with E-state index in [9.17, 15) is 4.79 Å². The van der Waals surface area contributed by atoms with E-state index in [1.54, 1.807) is 11.1 Å². The van der Waals surface area contributed by atoms with E-state index < -0.39 is 0 Å². The molecule has 3 heterocycles. The second-order valence-corrected chi connectivity index (χ2v) is 4.62. The second-order valence-electron chi connectivity index (χ2n) is 4.62. The van der Waals surface area contributed by atoms with E-state index in [2.05, 4.69) is 9.97 Å². The summed E-state index contributed by atoms with van der Waals surface area (Å²) in [6.07, 6.45) is 1.69. The molecular formula is C13H16N4O3. The predicted octanol–water partition coefficient (Wildman–Crippen LogP) is 0.518. The Hall–Kier alpha value is -2.15. The van der Waals surface area contributed by atoms with Crippen LogP contribution in [0.25, 0.3) is 11.2 Å². The van der Waals surface area contributed by atoms with E-state index in [0.717, 1.165) is 0 Å². The Morgan fingerprint density at radius 3 is 2.90 bits per heavy atom. The third-order valence-electron chi connectivity index (χ3n) is 3.32. The van der Waals surface area contributed by atoms with Crippen molar-refractivity contribution < 1.29 is 13.9 Å². The highest BCUT2D eigenvalue weighted by Crippen LogP contribution is 2.21. The predicted molar refractivity (Wildman–Crippen MR) is 72.5 cm³/mol. The molecule has 7 nitrogen and oxygen atoms in total. The molecule has 0 spiro atoms. The minimum absolute atomic E-state index is 0.0198. The summed E-state index contributed by atoms with van der Waals surface area (Å²) < 4.78 is 10.5. The number of rotatable bonds is 3. The average Bonchev–Trinajstić information content (AvgIpc) is 2.91. The first-order valence-electron chi connectivity index (χ1n) is 6.51. The van der Waals surface area contributed by atoms with Gasteiger partial charge in [0.2, 0.25) is 11.6 Å². The summed E-state index contributed by atoms with van der Waals surface area (Å²) in [5.41, 5.74) is 1.29. The van der Waals surface area contributed by atoms with Crippen molar-refractivity contribution >= 4 is 23.2 Å². The number of amides is 1. The zero-order chi connectivity index (χ0) is 13.9. The van der Waals surface area contributed by atoms with Crippen LogP contribution in [-0.2, 0) is 9.53 Å². The quantitative estimate of drug-likeness (QED) is 0.813. The molecule has 0 N–H and O–H groups in total. The minimum atomic E-state index is 0.0198. The fourth-order valence-electron chi connectivity index (χ4n) is 2.25. The van der Waals surface area contributed by atoms with Crippen LogP contribution in [0.5, 0.6) is 0 Å². The number of nitrogens with zero attached hydrogens (tertiary/aromatic N) is 4. The first-order chi connectivity index (χ1) is 9.78. The molecular weight excluding hydrogens is 260 g/mol. The summed E-state index contributed by atoms with van der Waals surface area (Å²) >= 11 is 0. The van der Waals surface area contributed by atoms with Crippen molar-refractivity contribution in [2.75, 3.05) is 44.8 Å². The molecule has 1 aliphatic heterocycles. The van der Waals surface area contributed by atoms with Crippen LogP contribution in [0.1, 0.15) is 0 Å². The number of methoxy groups -OCH3 is 1. The number of fused-ring (bicyclic) bond motifs is 1. The summed E-state index contributed by atoms with van der Waals surface area (Å²) in [6.45, 7) is 2.82. The Morgan fingerprint density at radius 2 is 2.20 bits per heavy atom. The van der Waals surface area contributed by atoms with Gasteiger partial charge in [-0.05, 0) is 12.1 Å². The molecule has 106 valence electrons. The van der Waals surface area contributed by atoms with E-state index in [1.165, 1.54) is 7.11 Å². The highest BCUT2D eigenvalue weighted by molar-refractivity contribution is 5.77. The number of carbonyl (C=O) groups excluding carboxylic acids is 1. The monoisotopic (exact) mass is 276 g/mol. The molecule has 0 saturated carbocycles. The number of oxazole rings is 1. The molecule has 2 aromatic heterocycles. The largest absolute Gasteiger partial charge is 0.422 e. The molecule has 0 unspecified atom stereocenters. The molecule has 0 atom stereocenters. The number of pyridine rings is 1. The molecule has 0 aliphatic carbocycles. The van der Waals surface area contributed by atoms with Crippen LogP contribution in [0.15, 0.2) is 22.7 Å². The van der Waals surface area contributed by atoms with Gasteiger partial charge in [-0.1, -0.05) is 0 Å². The normalized spacial score (nSPS) is 15.8. The van der Waals surface area contributed by atoms with Gasteiger partial charge >= 0.3 is 0 Å². The molecule has 0 aromatic carbocycles. The summed E-state index contributed by atoms with van der Waals surface area (Å²) in [6, 6.07) is 4.23. The van der Waals surface area contributed by atoms with Gasteiger partial charge in [0.15, 0.2) is 5.58 Å². The Morgan fingerprint density at radius 1 is 1.40 bits per heavy atom. The lowest BCUT2D eigenvalue weighted by molar-refractivity contribution is -0.135. The molecule has 1 amide bonds. The minimum Gasteiger partial charge on any atom is -0.422 e. The number of piperazine rings is 1. The summed E-state index contributed by atoms with van der Waals surface area (Å²) in [7, 11) is 1.53. The lowest BCUT2D eigenvalue weighted by atomic mass is 10.3. The maximum absolute atomic E-state index is 11.7. The maximum atomic E-state index is 11.7. The molecule has 0 radical (unpaired) electrons. The first-order valence-corrected chi connectivity index (χ1v) is 6.51. The van der Waals surface area contributed by atoms with Gasteiger partial charge in [0, 0.05) is 39.5 Å². The zero-order valence-corrected chi connectivity index (χ0v) is 11.3. The molecule has 0 bridgehead atoms. The van der Waals surface area contributed by atoms with E-state index >= 15 is 0 Å². The Bertz CT molecular complexity index is 571. The SMILES string of the molecule is COCC(=O)N1CCN(c2nc3ncccc3o2)CC1. The highest BCUT2D eigenvalue weighted by Gasteiger charge is 2.23. The van der Waals surface area contributed by atoms with Crippen LogP contribution in [0, 0.1) is 0 Å². The van der Waals surface area contributed by atoms with Crippen LogP contribution < -0.4 is 4.90 Å². The van der Waals surface area contributed by atoms with Gasteiger partial charge in [0.1, 0.15) is 6.61 Å². The van der Waals surface area contributed by atoms with Crippen LogP contribution in [0.3, 0.4) is 0 Å². The van der Waals surface area contributed by atoms with Crippen molar-refractivity contribution in [2.45, 2.75) is 0 Å². The van der Waals surface area contributed by atoms with Crippen LogP contribution >= 0.6 is 0 Å². The molecule has 1 aliphatic rings. The van der Waals surface area contributed by atoms with Crippen molar-refractivity contribution in [3.8, 4) is 0 Å². The van der Waals surface area contributed by atoms with E-state index in [1.807, 2.05) is 17.0 Å². The van der Waals surface area contributed by atoms with Gasteiger partial charge < -0.3 is 19.0 Å². The van der Waals surface area contributed by atoms with Crippen molar-refractivity contribution in [1.29, 1.82) is 0 Å². The van der Waals surface area contributed by atoms with Crippen LogP contribution in [-0.4, -0.2) is 60.7 Å². The van der Waals surface area contributed by atoms with Crippen LogP contribution in [0.4, 0.5) is 6.01 Å². The third kappa shape index (κ3) is 2.44. The molecule has 2 aromatic rings. The number of anilines is 1. The van der Waals surface area contributed by atoms with Gasteiger partial charge in [0.05, 0.1) is 0 Å². The molecule has 3 rings (SSSR count). The van der Waals surface area contributed by atoms with Gasteiger partial charge in [-0.15, -0.1) is 0 Å². The first kappa shape index (κ1) is 12.9. The van der Waals surface area contributed by atoms with Crippen molar-refractivity contribution in [2.24, 2.45) is 0 Å². The third-order valence-corrected chi connectivity index (χ3v) is 3.32. The van der Waals surface area contributed by atoms with E-state index in [0.29, 0.717) is 43.4 Å². The highest BCUT2D eigenvalue weighted by atomic mass is 16.5. The Balaban J connectivity index is 1.67. The number of hydrogen-bond acceptors (Lipinski definition) is 6. The van der Waals surface area contributed by atoms with E-state index in [-0.39, 0.29) is 12.5 Å². The maximum Gasteiger partial charge on any atom is 0.300 e. The Kier molecular flexibility index (Phi) is 3.51. The second kappa shape index (κ2) is 5.46. The van der Waals surface area contributed by atoms with Gasteiger partial charge in [-0.25, -0.2) is 4.98 Å². The van der Waals surface area contributed by atoms with Crippen molar-refractivity contribution in [3.05, 3.63) is 18.3 Å². The smallest absolute Gasteiger partial charge is 0.300 e. The van der Waals surface area contributed by atoms with Gasteiger partial charge in [-0.2, -0.15) is 4.98 Å². The summed E-state index contributed by atoms with van der Waals surface area (Å²) in [5, 5.41) is 0. The number of carbonyl (C=O) groups is 1. The standard InChI is InChI=1S/C13H16N4O3/c1-19-9-11(18)16-5-7-17(8-6-16)13-15-12-10(20-13)3-2-4-14-12/h2-4H,5-9H2,1H3. The zero-order valence-electron chi connectivity index (χ0n) is 11.3. The number of aromatic nitrogens is 2. The lowest BCUT2D eigenvalue weighted by Gasteiger charge is -2.33. The molecule has 1 saturated heterocycles. The van der Waals surface area contributed by atoms with Gasteiger partial charge in [0.25, 0.3) is 6.01 Å². The average molecular weight is 276 g/mol. The topological polar surface area (TPSA) is 71.7 Å². The molecule has 20 heavy (non-hydrogen) atoms. The van der Waals surface area contributed by atoms with Crippen molar-refractivity contribution in [3.63, 3.8) is 0 Å². The van der Waals surface area contributed by atoms with Crippen molar-refractivity contribution in [1.82, 2.24) is 14.9 Å². The Labute approximate surface area is 116 Å². The van der Waals surface area contributed by atoms with E-state index in [4.69, 9.17) is 9.15 Å². The summed E-state index contributed by atoms with van der Waals surface area (Å²) in [5.74, 6) is 0.0198. The number of hydrogen-bond donors (Lipinski definition) is 0. The summed E-state index contributed by atoms with van der Waals surface area (Å²) in [4.78, 5) is 24.0. The molecule has 1 fully saturated rings. The molecule has 7 heteroatoms. The lowest BCUT2D eigenvalue weighted by Crippen LogP contribution is -2.49. The number of ether oxygens (including phenoxy) is 1. The fourth-order valence-corrected chi connectivity index (χ4v) is 2.25. The fraction of sp³-hybridized carbons (Fsp3) is 0.462.